The maximum Gasteiger partial charge on any atom is 0.123 e. The van der Waals surface area contributed by atoms with Gasteiger partial charge in [0.15, 0.2) is 0 Å². The lowest BCUT2D eigenvalue weighted by Crippen LogP contribution is -1.92. The summed E-state index contributed by atoms with van der Waals surface area (Å²) in [5.41, 5.74) is 1.87. The Bertz CT molecular complexity index is 432. The highest BCUT2D eigenvalue weighted by molar-refractivity contribution is 5.21. The molecule has 2 aromatic carbocycles. The minimum Gasteiger partial charge on any atom is -0.207 e. The van der Waals surface area contributed by atoms with E-state index in [9.17, 15) is 8.78 Å². The summed E-state index contributed by atoms with van der Waals surface area (Å²) in [6.45, 7) is 0. The normalized spacial score (nSPS) is 10.4. The van der Waals surface area contributed by atoms with E-state index in [0.29, 0.717) is 0 Å². The second-order valence-corrected chi connectivity index (χ2v) is 3.76. The number of halogens is 2. The molecule has 2 rings (SSSR count). The van der Waals surface area contributed by atoms with Crippen molar-refractivity contribution in [2.24, 2.45) is 0 Å². The first-order valence-electron chi connectivity index (χ1n) is 5.23. The van der Waals surface area contributed by atoms with Crippen LogP contribution in [0.1, 0.15) is 11.1 Å². The third kappa shape index (κ3) is 2.89. The van der Waals surface area contributed by atoms with E-state index >= 15 is 0 Å². The molecule has 0 amide bonds. The zero-order valence-electron chi connectivity index (χ0n) is 8.79. The van der Waals surface area contributed by atoms with E-state index in [4.69, 9.17) is 0 Å². The molecule has 0 radical (unpaired) electrons. The molecule has 2 aromatic rings. The third-order valence-corrected chi connectivity index (χ3v) is 2.48. The fraction of sp³-hybridized carbons (Fsp3) is 0.143. The Kier molecular flexibility index (Phi) is 3.30. The molecule has 0 aliphatic rings. The lowest BCUT2D eigenvalue weighted by molar-refractivity contribution is 0.622. The van der Waals surface area contributed by atoms with Gasteiger partial charge in [0.05, 0.1) is 0 Å². The maximum atomic E-state index is 12.9. The molecule has 0 heterocycles. The second-order valence-electron chi connectivity index (χ2n) is 3.76. The number of aryl methyl sites for hydroxylation is 2. The van der Waals surface area contributed by atoms with Crippen molar-refractivity contribution in [2.75, 3.05) is 0 Å². The first-order valence-corrected chi connectivity index (χ1v) is 5.23. The van der Waals surface area contributed by atoms with Crippen LogP contribution in [0.4, 0.5) is 8.78 Å². The van der Waals surface area contributed by atoms with Crippen molar-refractivity contribution >= 4 is 0 Å². The molecule has 2 heteroatoms. The molecule has 0 saturated heterocycles. The number of rotatable bonds is 3. The fourth-order valence-electron chi connectivity index (χ4n) is 1.67. The quantitative estimate of drug-likeness (QED) is 0.736. The molecular formula is C14H12F2. The van der Waals surface area contributed by atoms with Crippen LogP contribution < -0.4 is 0 Å². The Labute approximate surface area is 93.5 Å². The molecule has 0 bridgehead atoms. The predicted octanol–water partition coefficient (Wildman–Crippen LogP) is 3.75. The maximum absolute atomic E-state index is 12.9. The molecule has 0 unspecified atom stereocenters. The molecule has 0 aromatic heterocycles. The predicted molar refractivity (Wildman–Crippen MR) is 60.2 cm³/mol. The van der Waals surface area contributed by atoms with Gasteiger partial charge in [0.25, 0.3) is 0 Å². The summed E-state index contributed by atoms with van der Waals surface area (Å²) in [4.78, 5) is 0. The van der Waals surface area contributed by atoms with Gasteiger partial charge in [0.1, 0.15) is 11.6 Å². The van der Waals surface area contributed by atoms with Gasteiger partial charge in [-0.1, -0.05) is 24.3 Å². The molecule has 0 nitrogen and oxygen atoms in total. The zero-order valence-corrected chi connectivity index (χ0v) is 8.79. The molecule has 0 saturated carbocycles. The highest BCUT2D eigenvalue weighted by Gasteiger charge is 1.98. The van der Waals surface area contributed by atoms with Crippen LogP contribution in [0, 0.1) is 11.6 Å². The Hall–Kier alpha value is -1.70. The molecule has 16 heavy (non-hydrogen) atoms. The highest BCUT2D eigenvalue weighted by atomic mass is 19.1. The highest BCUT2D eigenvalue weighted by Crippen LogP contribution is 2.10. The van der Waals surface area contributed by atoms with E-state index in [2.05, 4.69) is 0 Å². The molecule has 0 aliphatic heterocycles. The van der Waals surface area contributed by atoms with Crippen LogP contribution >= 0.6 is 0 Å². The average molecular weight is 218 g/mol. The summed E-state index contributed by atoms with van der Waals surface area (Å²) in [5.74, 6) is -0.450. The van der Waals surface area contributed by atoms with Crippen LogP contribution in [0.3, 0.4) is 0 Å². The van der Waals surface area contributed by atoms with Crippen LogP contribution in [0.2, 0.25) is 0 Å². The van der Waals surface area contributed by atoms with Gasteiger partial charge in [-0.25, -0.2) is 8.78 Å². The summed E-state index contributed by atoms with van der Waals surface area (Å²) in [6, 6.07) is 13.0. The first-order chi connectivity index (χ1) is 7.74. The second kappa shape index (κ2) is 4.88. The van der Waals surface area contributed by atoms with Gasteiger partial charge in [-0.2, -0.15) is 0 Å². The number of hydrogen-bond donors (Lipinski definition) is 0. The molecule has 0 aliphatic carbocycles. The Balaban J connectivity index is 2.02. The third-order valence-electron chi connectivity index (χ3n) is 2.48. The van der Waals surface area contributed by atoms with Crippen LogP contribution in [-0.2, 0) is 12.8 Å². The van der Waals surface area contributed by atoms with Crippen molar-refractivity contribution < 1.29 is 8.78 Å². The molecule has 0 spiro atoms. The van der Waals surface area contributed by atoms with E-state index in [-0.39, 0.29) is 11.6 Å². The van der Waals surface area contributed by atoms with Crippen molar-refractivity contribution in [3.8, 4) is 0 Å². The topological polar surface area (TPSA) is 0 Å². The fourth-order valence-corrected chi connectivity index (χ4v) is 1.67. The van der Waals surface area contributed by atoms with Crippen LogP contribution in [0.25, 0.3) is 0 Å². The molecule has 82 valence electrons. The first kappa shape index (κ1) is 10.8. The molecule has 0 fully saturated rings. The van der Waals surface area contributed by atoms with E-state index in [1.807, 2.05) is 12.1 Å². The standard InChI is InChI=1S/C14H12F2/c15-13-5-1-3-11(9-13)7-8-12-4-2-6-14(16)10-12/h1-6,9-10H,7-8H2. The van der Waals surface area contributed by atoms with E-state index in [1.54, 1.807) is 12.1 Å². The van der Waals surface area contributed by atoms with Gasteiger partial charge >= 0.3 is 0 Å². The zero-order chi connectivity index (χ0) is 11.4. The Morgan fingerprint density at radius 1 is 0.688 bits per heavy atom. The molecule has 0 N–H and O–H groups in total. The van der Waals surface area contributed by atoms with Crippen molar-refractivity contribution in [1.82, 2.24) is 0 Å². The van der Waals surface area contributed by atoms with E-state index < -0.39 is 0 Å². The van der Waals surface area contributed by atoms with Gasteiger partial charge < -0.3 is 0 Å². The largest absolute Gasteiger partial charge is 0.207 e. The van der Waals surface area contributed by atoms with Crippen molar-refractivity contribution in [3.05, 3.63) is 71.3 Å². The molecular weight excluding hydrogens is 206 g/mol. The van der Waals surface area contributed by atoms with Crippen LogP contribution in [0.5, 0.6) is 0 Å². The lowest BCUT2D eigenvalue weighted by atomic mass is 10.0. The van der Waals surface area contributed by atoms with Crippen LogP contribution in [0.15, 0.2) is 48.5 Å². The monoisotopic (exact) mass is 218 g/mol. The lowest BCUT2D eigenvalue weighted by Gasteiger charge is -2.02. The van der Waals surface area contributed by atoms with Crippen LogP contribution in [-0.4, -0.2) is 0 Å². The van der Waals surface area contributed by atoms with Crippen molar-refractivity contribution in [1.29, 1.82) is 0 Å². The van der Waals surface area contributed by atoms with Gasteiger partial charge in [-0.15, -0.1) is 0 Å². The number of benzene rings is 2. The van der Waals surface area contributed by atoms with E-state index in [0.717, 1.165) is 24.0 Å². The molecule has 0 atom stereocenters. The summed E-state index contributed by atoms with van der Waals surface area (Å²) < 4.78 is 25.8. The summed E-state index contributed by atoms with van der Waals surface area (Å²) >= 11 is 0. The Morgan fingerprint density at radius 2 is 1.12 bits per heavy atom. The summed E-state index contributed by atoms with van der Waals surface area (Å²) in [5, 5.41) is 0. The van der Waals surface area contributed by atoms with Gasteiger partial charge in [-0.05, 0) is 48.2 Å². The van der Waals surface area contributed by atoms with E-state index in [1.165, 1.54) is 24.3 Å². The van der Waals surface area contributed by atoms with Crippen molar-refractivity contribution in [3.63, 3.8) is 0 Å². The average Bonchev–Trinajstić information content (AvgIpc) is 2.27. The van der Waals surface area contributed by atoms with Gasteiger partial charge in [0, 0.05) is 0 Å². The number of hydrogen-bond acceptors (Lipinski definition) is 0. The van der Waals surface area contributed by atoms with Crippen molar-refractivity contribution in [2.45, 2.75) is 12.8 Å². The van der Waals surface area contributed by atoms with Gasteiger partial charge in [0.2, 0.25) is 0 Å². The minimum absolute atomic E-state index is 0.225. The Morgan fingerprint density at radius 3 is 1.50 bits per heavy atom. The minimum atomic E-state index is -0.225. The summed E-state index contributed by atoms with van der Waals surface area (Å²) in [7, 11) is 0. The van der Waals surface area contributed by atoms with Gasteiger partial charge in [-0.3, -0.25) is 0 Å². The smallest absolute Gasteiger partial charge is 0.123 e. The SMILES string of the molecule is Fc1cccc(CCc2cccc(F)c2)c1. The summed E-state index contributed by atoms with van der Waals surface area (Å²) in [6.07, 6.45) is 1.45.